The van der Waals surface area contributed by atoms with E-state index in [1.165, 1.54) is 6.07 Å². The van der Waals surface area contributed by atoms with Crippen LogP contribution in [0.5, 0.6) is 0 Å². The molecule has 1 aromatic carbocycles. The van der Waals surface area contributed by atoms with Crippen LogP contribution in [0.15, 0.2) is 30.3 Å². The number of benzene rings is 1. The van der Waals surface area contributed by atoms with Crippen molar-refractivity contribution in [3.63, 3.8) is 0 Å². The Hall–Kier alpha value is -2.57. The summed E-state index contributed by atoms with van der Waals surface area (Å²) in [6.07, 6.45) is 0. The molecular formula is C14H12F3N3O. The number of pyridine rings is 1. The van der Waals surface area contributed by atoms with Crippen LogP contribution in [0.4, 0.5) is 24.7 Å². The van der Waals surface area contributed by atoms with Crippen LogP contribution >= 0.6 is 0 Å². The van der Waals surface area contributed by atoms with Gasteiger partial charge in [-0.05, 0) is 24.3 Å². The van der Waals surface area contributed by atoms with Crippen LogP contribution < -0.4 is 10.2 Å². The van der Waals surface area contributed by atoms with Gasteiger partial charge in [0.25, 0.3) is 5.91 Å². The summed E-state index contributed by atoms with van der Waals surface area (Å²) < 4.78 is 39.4. The fourth-order valence-electron chi connectivity index (χ4n) is 1.61. The van der Waals surface area contributed by atoms with E-state index < -0.39 is 29.0 Å². The lowest BCUT2D eigenvalue weighted by Gasteiger charge is -2.12. The predicted molar refractivity (Wildman–Crippen MR) is 72.8 cm³/mol. The monoisotopic (exact) mass is 295 g/mol. The van der Waals surface area contributed by atoms with E-state index in [2.05, 4.69) is 10.3 Å². The SMILES string of the molecule is CN(C)c1cccc(C(=O)Nc2ccc(F)c(F)c2F)n1. The van der Waals surface area contributed by atoms with Gasteiger partial charge in [0.2, 0.25) is 0 Å². The number of nitrogens with one attached hydrogen (secondary N) is 1. The van der Waals surface area contributed by atoms with Gasteiger partial charge in [0.05, 0.1) is 5.69 Å². The Morgan fingerprint density at radius 3 is 2.48 bits per heavy atom. The first kappa shape index (κ1) is 14.8. The lowest BCUT2D eigenvalue weighted by molar-refractivity contribution is 0.102. The van der Waals surface area contributed by atoms with Crippen LogP contribution in [0.1, 0.15) is 10.5 Å². The molecule has 0 unspecified atom stereocenters. The van der Waals surface area contributed by atoms with Gasteiger partial charge in [-0.1, -0.05) is 6.07 Å². The Morgan fingerprint density at radius 2 is 1.81 bits per heavy atom. The summed E-state index contributed by atoms with van der Waals surface area (Å²) in [7, 11) is 3.50. The summed E-state index contributed by atoms with van der Waals surface area (Å²) in [4.78, 5) is 17.7. The highest BCUT2D eigenvalue weighted by atomic mass is 19.2. The summed E-state index contributed by atoms with van der Waals surface area (Å²) in [6.45, 7) is 0. The Bertz CT molecular complexity index is 689. The third-order valence-electron chi connectivity index (χ3n) is 2.71. The second-order valence-electron chi connectivity index (χ2n) is 4.45. The first-order valence-electron chi connectivity index (χ1n) is 5.99. The minimum atomic E-state index is -1.64. The average molecular weight is 295 g/mol. The first-order valence-corrected chi connectivity index (χ1v) is 5.99. The molecule has 1 heterocycles. The summed E-state index contributed by atoms with van der Waals surface area (Å²) in [5.74, 6) is -4.59. The fourth-order valence-corrected chi connectivity index (χ4v) is 1.61. The van der Waals surface area contributed by atoms with Crippen LogP contribution in [0.2, 0.25) is 0 Å². The number of carbonyl (C=O) groups excluding carboxylic acids is 1. The molecular weight excluding hydrogens is 283 g/mol. The minimum absolute atomic E-state index is 0.0327. The van der Waals surface area contributed by atoms with Crippen molar-refractivity contribution in [3.8, 4) is 0 Å². The molecule has 0 bridgehead atoms. The van der Waals surface area contributed by atoms with E-state index in [0.717, 1.165) is 12.1 Å². The van der Waals surface area contributed by atoms with E-state index in [4.69, 9.17) is 0 Å². The van der Waals surface area contributed by atoms with E-state index in [-0.39, 0.29) is 5.69 Å². The number of anilines is 2. The van der Waals surface area contributed by atoms with Crippen LogP contribution in [-0.2, 0) is 0 Å². The van der Waals surface area contributed by atoms with Crippen molar-refractivity contribution >= 4 is 17.4 Å². The second kappa shape index (κ2) is 5.82. The molecule has 1 amide bonds. The Kier molecular flexibility index (Phi) is 4.11. The highest BCUT2D eigenvalue weighted by Gasteiger charge is 2.16. The van der Waals surface area contributed by atoms with Crippen molar-refractivity contribution in [1.82, 2.24) is 4.98 Å². The second-order valence-corrected chi connectivity index (χ2v) is 4.45. The molecule has 0 radical (unpaired) electrons. The summed E-state index contributed by atoms with van der Waals surface area (Å²) in [5.41, 5.74) is -0.415. The molecule has 0 aliphatic rings. The molecule has 0 spiro atoms. The predicted octanol–water partition coefficient (Wildman–Crippen LogP) is 2.82. The maximum atomic E-state index is 13.5. The van der Waals surface area contributed by atoms with E-state index in [9.17, 15) is 18.0 Å². The zero-order chi connectivity index (χ0) is 15.6. The Balaban J connectivity index is 2.26. The van der Waals surface area contributed by atoms with Gasteiger partial charge in [-0.15, -0.1) is 0 Å². The molecule has 1 N–H and O–H groups in total. The van der Waals surface area contributed by atoms with E-state index >= 15 is 0 Å². The molecule has 0 aliphatic heterocycles. The van der Waals surface area contributed by atoms with Crippen molar-refractivity contribution in [2.45, 2.75) is 0 Å². The normalized spacial score (nSPS) is 10.3. The lowest BCUT2D eigenvalue weighted by atomic mass is 10.2. The van der Waals surface area contributed by atoms with Gasteiger partial charge in [-0.3, -0.25) is 4.79 Å². The van der Waals surface area contributed by atoms with Crippen LogP contribution in [0.25, 0.3) is 0 Å². The van der Waals surface area contributed by atoms with Gasteiger partial charge >= 0.3 is 0 Å². The molecule has 2 rings (SSSR count). The molecule has 0 saturated carbocycles. The number of nitrogens with zero attached hydrogens (tertiary/aromatic N) is 2. The third-order valence-corrected chi connectivity index (χ3v) is 2.71. The number of halogens is 3. The van der Waals surface area contributed by atoms with E-state index in [1.807, 2.05) is 0 Å². The van der Waals surface area contributed by atoms with Gasteiger partial charge in [0, 0.05) is 14.1 Å². The molecule has 0 atom stereocenters. The van der Waals surface area contributed by atoms with Crippen LogP contribution in [-0.4, -0.2) is 25.0 Å². The summed E-state index contributed by atoms with van der Waals surface area (Å²) >= 11 is 0. The summed E-state index contributed by atoms with van der Waals surface area (Å²) in [5, 5.41) is 2.16. The maximum absolute atomic E-state index is 13.5. The number of hydrogen-bond donors (Lipinski definition) is 1. The number of amides is 1. The smallest absolute Gasteiger partial charge is 0.274 e. The zero-order valence-electron chi connectivity index (χ0n) is 11.3. The largest absolute Gasteiger partial charge is 0.363 e. The molecule has 2 aromatic rings. The first-order chi connectivity index (χ1) is 9.90. The summed E-state index contributed by atoms with van der Waals surface area (Å²) in [6, 6.07) is 6.41. The molecule has 0 fully saturated rings. The topological polar surface area (TPSA) is 45.2 Å². The zero-order valence-corrected chi connectivity index (χ0v) is 11.3. The number of hydrogen-bond acceptors (Lipinski definition) is 3. The Morgan fingerprint density at radius 1 is 1.10 bits per heavy atom. The number of aromatic nitrogens is 1. The van der Waals surface area contributed by atoms with E-state index in [1.54, 1.807) is 31.1 Å². The van der Waals surface area contributed by atoms with Gasteiger partial charge in [0.1, 0.15) is 11.5 Å². The molecule has 110 valence electrons. The van der Waals surface area contributed by atoms with E-state index in [0.29, 0.717) is 5.82 Å². The van der Waals surface area contributed by atoms with Crippen molar-refractivity contribution in [3.05, 3.63) is 53.5 Å². The highest BCUT2D eigenvalue weighted by Crippen LogP contribution is 2.20. The fraction of sp³-hybridized carbons (Fsp3) is 0.143. The van der Waals surface area contributed by atoms with Crippen LogP contribution in [0, 0.1) is 17.5 Å². The average Bonchev–Trinajstić information content (AvgIpc) is 2.48. The van der Waals surface area contributed by atoms with Gasteiger partial charge in [0.15, 0.2) is 17.5 Å². The Labute approximate surface area is 119 Å². The van der Waals surface area contributed by atoms with Gasteiger partial charge < -0.3 is 10.2 Å². The van der Waals surface area contributed by atoms with Crippen LogP contribution in [0.3, 0.4) is 0 Å². The molecule has 1 aromatic heterocycles. The quantitative estimate of drug-likeness (QED) is 0.886. The van der Waals surface area contributed by atoms with Crippen molar-refractivity contribution < 1.29 is 18.0 Å². The van der Waals surface area contributed by atoms with Crippen molar-refractivity contribution in [1.29, 1.82) is 0 Å². The lowest BCUT2D eigenvalue weighted by Crippen LogP contribution is -2.18. The number of carbonyl (C=O) groups is 1. The molecule has 0 aliphatic carbocycles. The maximum Gasteiger partial charge on any atom is 0.274 e. The highest BCUT2D eigenvalue weighted by molar-refractivity contribution is 6.03. The van der Waals surface area contributed by atoms with Gasteiger partial charge in [-0.2, -0.15) is 0 Å². The molecule has 4 nitrogen and oxygen atoms in total. The van der Waals surface area contributed by atoms with Crippen molar-refractivity contribution in [2.24, 2.45) is 0 Å². The molecule has 0 saturated heterocycles. The molecule has 21 heavy (non-hydrogen) atoms. The third kappa shape index (κ3) is 3.13. The van der Waals surface area contributed by atoms with Gasteiger partial charge in [-0.25, -0.2) is 18.2 Å². The molecule has 7 heteroatoms. The minimum Gasteiger partial charge on any atom is -0.363 e. The standard InChI is InChI=1S/C14H12F3N3O/c1-20(2)11-5-3-4-10(18-11)14(21)19-9-7-6-8(15)12(16)13(9)17/h3-7H,1-2H3,(H,19,21). The van der Waals surface area contributed by atoms with Crippen molar-refractivity contribution in [2.75, 3.05) is 24.3 Å². The number of rotatable bonds is 3.